The molecule has 0 amide bonds. The molecule has 0 saturated carbocycles. The van der Waals surface area contributed by atoms with Crippen molar-refractivity contribution >= 4 is 28.5 Å². The van der Waals surface area contributed by atoms with Gasteiger partial charge in [0.15, 0.2) is 0 Å². The van der Waals surface area contributed by atoms with E-state index in [1.165, 1.54) is 12.1 Å². The van der Waals surface area contributed by atoms with Crippen LogP contribution in [0.15, 0.2) is 35.7 Å². The Bertz CT molecular complexity index is 540. The molecule has 0 radical (unpaired) electrons. The molecule has 18 heavy (non-hydrogen) atoms. The zero-order chi connectivity index (χ0) is 13.0. The number of halogens is 1. The summed E-state index contributed by atoms with van der Waals surface area (Å²) in [5, 5.41) is 2.00. The minimum absolute atomic E-state index is 0.184. The summed E-state index contributed by atoms with van der Waals surface area (Å²) in [4.78, 5) is 1.33. The van der Waals surface area contributed by atoms with E-state index in [2.05, 4.69) is 0 Å². The fraction of sp³-hybridized carbons (Fsp3) is 0.154. The lowest BCUT2D eigenvalue weighted by Gasteiger charge is -2.08. The molecular formula is C13H12FNOS2. The molecule has 1 aromatic heterocycles. The molecule has 0 aliphatic carbocycles. The molecule has 2 N–H and O–H groups in total. The Kier molecular flexibility index (Phi) is 4.41. The average molecular weight is 281 g/mol. The molecule has 0 fully saturated rings. The fourth-order valence-electron chi connectivity index (χ4n) is 1.56. The van der Waals surface area contributed by atoms with Crippen molar-refractivity contribution in [2.45, 2.75) is 13.2 Å². The lowest BCUT2D eigenvalue weighted by atomic mass is 10.1. The molecule has 0 atom stereocenters. The molecular weight excluding hydrogens is 269 g/mol. The lowest BCUT2D eigenvalue weighted by Crippen LogP contribution is -2.13. The first-order valence-electron chi connectivity index (χ1n) is 5.35. The van der Waals surface area contributed by atoms with Crippen molar-refractivity contribution in [2.24, 2.45) is 5.73 Å². The third kappa shape index (κ3) is 3.35. The zero-order valence-corrected chi connectivity index (χ0v) is 11.2. The standard InChI is InChI=1S/C13H12FNOS2/c14-10-4-3-9(12(6-10)13(15)17)7-16-8-11-2-1-5-18-11/h1-6H,7-8H2,(H2,15,17). The van der Waals surface area contributed by atoms with Crippen LogP contribution in [0.25, 0.3) is 0 Å². The van der Waals surface area contributed by atoms with Crippen LogP contribution in [0.1, 0.15) is 16.0 Å². The minimum atomic E-state index is -0.347. The molecule has 1 aromatic carbocycles. The van der Waals surface area contributed by atoms with E-state index in [4.69, 9.17) is 22.7 Å². The van der Waals surface area contributed by atoms with Crippen LogP contribution in [-0.4, -0.2) is 4.99 Å². The van der Waals surface area contributed by atoms with Crippen molar-refractivity contribution in [1.29, 1.82) is 0 Å². The Morgan fingerprint density at radius 1 is 1.33 bits per heavy atom. The van der Waals surface area contributed by atoms with Gasteiger partial charge in [0, 0.05) is 10.4 Å². The molecule has 2 aromatic rings. The minimum Gasteiger partial charge on any atom is -0.389 e. The number of hydrogen-bond donors (Lipinski definition) is 1. The quantitative estimate of drug-likeness (QED) is 0.855. The SMILES string of the molecule is NC(=S)c1cc(F)ccc1COCc1cccs1. The molecule has 0 aliphatic heterocycles. The molecule has 0 aliphatic rings. The summed E-state index contributed by atoms with van der Waals surface area (Å²) >= 11 is 6.53. The molecule has 0 spiro atoms. The van der Waals surface area contributed by atoms with Crippen LogP contribution < -0.4 is 5.73 Å². The Morgan fingerprint density at radius 3 is 2.83 bits per heavy atom. The largest absolute Gasteiger partial charge is 0.389 e. The summed E-state index contributed by atoms with van der Waals surface area (Å²) < 4.78 is 18.7. The van der Waals surface area contributed by atoms with Gasteiger partial charge < -0.3 is 10.5 Å². The maximum absolute atomic E-state index is 13.1. The second-order valence-electron chi connectivity index (χ2n) is 3.74. The summed E-state index contributed by atoms with van der Waals surface area (Å²) in [7, 11) is 0. The van der Waals surface area contributed by atoms with E-state index in [1.807, 2.05) is 17.5 Å². The lowest BCUT2D eigenvalue weighted by molar-refractivity contribution is 0.109. The summed E-state index contributed by atoms with van der Waals surface area (Å²) in [6, 6.07) is 8.35. The van der Waals surface area contributed by atoms with Crippen LogP contribution in [0.5, 0.6) is 0 Å². The van der Waals surface area contributed by atoms with Crippen LogP contribution in [-0.2, 0) is 18.0 Å². The zero-order valence-electron chi connectivity index (χ0n) is 9.56. The topological polar surface area (TPSA) is 35.2 Å². The Hall–Kier alpha value is -1.30. The van der Waals surface area contributed by atoms with Gasteiger partial charge in [0.25, 0.3) is 0 Å². The normalized spacial score (nSPS) is 10.5. The van der Waals surface area contributed by atoms with Crippen molar-refractivity contribution in [2.75, 3.05) is 0 Å². The smallest absolute Gasteiger partial charge is 0.123 e. The summed E-state index contributed by atoms with van der Waals surface area (Å²) in [5.74, 6) is -0.347. The van der Waals surface area contributed by atoms with Crippen molar-refractivity contribution in [3.05, 3.63) is 57.5 Å². The van der Waals surface area contributed by atoms with Gasteiger partial charge in [-0.2, -0.15) is 0 Å². The number of ether oxygens (including phenoxy) is 1. The highest BCUT2D eigenvalue weighted by atomic mass is 32.1. The van der Waals surface area contributed by atoms with Gasteiger partial charge in [-0.1, -0.05) is 24.4 Å². The van der Waals surface area contributed by atoms with Gasteiger partial charge in [0.05, 0.1) is 13.2 Å². The van der Waals surface area contributed by atoms with E-state index in [0.29, 0.717) is 18.8 Å². The molecule has 94 valence electrons. The van der Waals surface area contributed by atoms with Crippen LogP contribution in [0.2, 0.25) is 0 Å². The van der Waals surface area contributed by atoms with E-state index in [0.717, 1.165) is 10.4 Å². The fourth-order valence-corrected chi connectivity index (χ4v) is 2.39. The van der Waals surface area contributed by atoms with Gasteiger partial charge in [0.1, 0.15) is 10.8 Å². The Balaban J connectivity index is 2.02. The average Bonchev–Trinajstić information content (AvgIpc) is 2.84. The first-order valence-corrected chi connectivity index (χ1v) is 6.64. The third-order valence-electron chi connectivity index (χ3n) is 2.42. The van der Waals surface area contributed by atoms with Gasteiger partial charge in [-0.15, -0.1) is 11.3 Å². The van der Waals surface area contributed by atoms with Gasteiger partial charge in [-0.3, -0.25) is 0 Å². The predicted molar refractivity (Wildman–Crippen MR) is 75.1 cm³/mol. The second kappa shape index (κ2) is 6.04. The van der Waals surface area contributed by atoms with Crippen LogP contribution in [0.4, 0.5) is 4.39 Å². The Labute approximate surface area is 114 Å². The van der Waals surface area contributed by atoms with Gasteiger partial charge in [0.2, 0.25) is 0 Å². The van der Waals surface area contributed by atoms with Gasteiger partial charge in [-0.25, -0.2) is 4.39 Å². The summed E-state index contributed by atoms with van der Waals surface area (Å²) in [6.07, 6.45) is 0. The van der Waals surface area contributed by atoms with E-state index in [-0.39, 0.29) is 10.8 Å². The highest BCUT2D eigenvalue weighted by Crippen LogP contribution is 2.15. The maximum Gasteiger partial charge on any atom is 0.123 e. The molecule has 1 heterocycles. The van der Waals surface area contributed by atoms with Crippen LogP contribution in [0.3, 0.4) is 0 Å². The van der Waals surface area contributed by atoms with Crippen molar-refractivity contribution in [1.82, 2.24) is 0 Å². The van der Waals surface area contributed by atoms with Crippen molar-refractivity contribution < 1.29 is 9.13 Å². The highest BCUT2D eigenvalue weighted by Gasteiger charge is 2.07. The maximum atomic E-state index is 13.1. The number of thiophene rings is 1. The molecule has 5 heteroatoms. The number of rotatable bonds is 5. The predicted octanol–water partition coefficient (Wildman–Crippen LogP) is 3.24. The summed E-state index contributed by atoms with van der Waals surface area (Å²) in [5.41, 5.74) is 6.91. The summed E-state index contributed by atoms with van der Waals surface area (Å²) in [6.45, 7) is 0.899. The molecule has 2 rings (SSSR count). The van der Waals surface area contributed by atoms with Crippen molar-refractivity contribution in [3.63, 3.8) is 0 Å². The Morgan fingerprint density at radius 2 is 2.17 bits per heavy atom. The number of hydrogen-bond acceptors (Lipinski definition) is 3. The highest BCUT2D eigenvalue weighted by molar-refractivity contribution is 7.80. The first kappa shape index (κ1) is 13.1. The molecule has 0 bridgehead atoms. The molecule has 0 saturated heterocycles. The van der Waals surface area contributed by atoms with E-state index in [9.17, 15) is 4.39 Å². The van der Waals surface area contributed by atoms with E-state index in [1.54, 1.807) is 17.4 Å². The third-order valence-corrected chi connectivity index (χ3v) is 3.49. The van der Waals surface area contributed by atoms with Crippen LogP contribution >= 0.6 is 23.6 Å². The number of nitrogens with two attached hydrogens (primary N) is 1. The van der Waals surface area contributed by atoms with E-state index >= 15 is 0 Å². The second-order valence-corrected chi connectivity index (χ2v) is 5.21. The number of thiocarbonyl (C=S) groups is 1. The van der Waals surface area contributed by atoms with Crippen molar-refractivity contribution in [3.8, 4) is 0 Å². The van der Waals surface area contributed by atoms with E-state index < -0.39 is 0 Å². The molecule has 0 unspecified atom stereocenters. The van der Waals surface area contributed by atoms with Crippen LogP contribution in [0, 0.1) is 5.82 Å². The first-order chi connectivity index (χ1) is 8.66. The van der Waals surface area contributed by atoms with Gasteiger partial charge >= 0.3 is 0 Å². The monoisotopic (exact) mass is 281 g/mol. The number of benzene rings is 1. The van der Waals surface area contributed by atoms with Gasteiger partial charge in [-0.05, 0) is 29.1 Å². The molecule has 2 nitrogen and oxygen atoms in total.